The normalized spacial score (nSPS) is 24.1. The van der Waals surface area contributed by atoms with E-state index in [1.807, 2.05) is 0 Å². The van der Waals surface area contributed by atoms with Gasteiger partial charge in [-0.1, -0.05) is 42.5 Å². The van der Waals surface area contributed by atoms with Gasteiger partial charge in [-0.3, -0.25) is 4.90 Å². The molecule has 3 nitrogen and oxygen atoms in total. The van der Waals surface area contributed by atoms with Crippen molar-refractivity contribution in [2.75, 3.05) is 13.1 Å². The number of hydrogen-bond acceptors (Lipinski definition) is 3. The number of nitrogens with zero attached hydrogens (tertiary/aromatic N) is 1. The van der Waals surface area contributed by atoms with Crippen molar-refractivity contribution in [3.63, 3.8) is 0 Å². The van der Waals surface area contributed by atoms with Gasteiger partial charge in [0.15, 0.2) is 0 Å². The number of rotatable bonds is 2. The number of fused-ring (bicyclic) bond motifs is 3. The van der Waals surface area contributed by atoms with Crippen molar-refractivity contribution in [3.05, 3.63) is 59.2 Å². The van der Waals surface area contributed by atoms with Gasteiger partial charge in [0.2, 0.25) is 0 Å². The molecule has 1 heterocycles. The topological polar surface area (TPSA) is 49.5 Å². The average molecular weight is 294 g/mol. The molecule has 0 unspecified atom stereocenters. The maximum Gasteiger partial charge on any atom is 0.0682 e. The number of β-amino-alcohol motifs (C(OH)–C–C–N with tert-alkyl or cyclic N) is 1. The lowest BCUT2D eigenvalue weighted by Crippen LogP contribution is -2.48. The van der Waals surface area contributed by atoms with E-state index >= 15 is 0 Å². The van der Waals surface area contributed by atoms with Crippen molar-refractivity contribution in [1.82, 2.24) is 4.90 Å². The summed E-state index contributed by atoms with van der Waals surface area (Å²) >= 11 is 0. The van der Waals surface area contributed by atoms with E-state index in [2.05, 4.69) is 47.4 Å². The van der Waals surface area contributed by atoms with Crippen molar-refractivity contribution < 1.29 is 5.11 Å². The zero-order chi connectivity index (χ0) is 15.1. The molecule has 2 atom stereocenters. The summed E-state index contributed by atoms with van der Waals surface area (Å²) in [7, 11) is 0. The van der Waals surface area contributed by atoms with Crippen molar-refractivity contribution in [2.45, 2.75) is 31.5 Å². The van der Waals surface area contributed by atoms with Crippen LogP contribution < -0.4 is 5.73 Å². The molecular weight excluding hydrogens is 272 g/mol. The van der Waals surface area contributed by atoms with Gasteiger partial charge in [0, 0.05) is 25.7 Å². The van der Waals surface area contributed by atoms with Crippen molar-refractivity contribution in [2.24, 2.45) is 5.73 Å². The molecule has 3 N–H and O–H groups in total. The Morgan fingerprint density at radius 3 is 2.73 bits per heavy atom. The molecule has 3 heteroatoms. The van der Waals surface area contributed by atoms with Crippen LogP contribution in [0.15, 0.2) is 42.5 Å². The monoisotopic (exact) mass is 294 g/mol. The average Bonchev–Trinajstić information content (AvgIpc) is 2.83. The SMILES string of the molecule is N[C@H]1C[C@@H](O)CN(Cc2ccc3c(c2)Cc2ccccc2-3)C1. The molecule has 0 aromatic heterocycles. The van der Waals surface area contributed by atoms with E-state index in [-0.39, 0.29) is 12.1 Å². The van der Waals surface area contributed by atoms with Crippen LogP contribution in [0.4, 0.5) is 0 Å². The fourth-order valence-electron chi connectivity index (χ4n) is 3.89. The summed E-state index contributed by atoms with van der Waals surface area (Å²) in [6, 6.07) is 15.5. The maximum atomic E-state index is 9.88. The van der Waals surface area contributed by atoms with E-state index < -0.39 is 0 Å². The van der Waals surface area contributed by atoms with Gasteiger partial charge in [0.1, 0.15) is 0 Å². The molecular formula is C19H22N2O. The molecule has 0 saturated carbocycles. The molecule has 22 heavy (non-hydrogen) atoms. The summed E-state index contributed by atoms with van der Waals surface area (Å²) in [5.41, 5.74) is 12.9. The van der Waals surface area contributed by atoms with Crippen molar-refractivity contribution in [3.8, 4) is 11.1 Å². The third-order valence-electron chi connectivity index (χ3n) is 4.80. The Bertz CT molecular complexity index is 688. The first-order valence-electron chi connectivity index (χ1n) is 8.05. The maximum absolute atomic E-state index is 9.88. The lowest BCUT2D eigenvalue weighted by atomic mass is 10.0. The molecule has 0 bridgehead atoms. The summed E-state index contributed by atoms with van der Waals surface area (Å²) < 4.78 is 0. The summed E-state index contributed by atoms with van der Waals surface area (Å²) in [5.74, 6) is 0. The fraction of sp³-hybridized carbons (Fsp3) is 0.368. The predicted molar refractivity (Wildman–Crippen MR) is 88.6 cm³/mol. The van der Waals surface area contributed by atoms with Gasteiger partial charge >= 0.3 is 0 Å². The second kappa shape index (κ2) is 5.51. The van der Waals surface area contributed by atoms with Gasteiger partial charge in [-0.05, 0) is 40.7 Å². The summed E-state index contributed by atoms with van der Waals surface area (Å²) in [5, 5.41) is 9.88. The van der Waals surface area contributed by atoms with Crippen LogP contribution >= 0.6 is 0 Å². The van der Waals surface area contributed by atoms with Gasteiger partial charge in [0.05, 0.1) is 6.10 Å². The molecule has 4 rings (SSSR count). The van der Waals surface area contributed by atoms with E-state index in [1.165, 1.54) is 27.8 Å². The van der Waals surface area contributed by atoms with Crippen LogP contribution in [0, 0.1) is 0 Å². The minimum atomic E-state index is -0.289. The zero-order valence-corrected chi connectivity index (χ0v) is 12.7. The van der Waals surface area contributed by atoms with E-state index in [4.69, 9.17) is 5.73 Å². The number of likely N-dealkylation sites (tertiary alicyclic amines) is 1. The van der Waals surface area contributed by atoms with Gasteiger partial charge in [-0.2, -0.15) is 0 Å². The highest BCUT2D eigenvalue weighted by atomic mass is 16.3. The lowest BCUT2D eigenvalue weighted by molar-refractivity contribution is 0.0564. The summed E-state index contributed by atoms with van der Waals surface area (Å²) in [6.07, 6.45) is 1.46. The van der Waals surface area contributed by atoms with E-state index in [0.717, 1.165) is 32.5 Å². The second-order valence-electron chi connectivity index (χ2n) is 6.67. The first kappa shape index (κ1) is 13.9. The highest BCUT2D eigenvalue weighted by Gasteiger charge is 2.24. The molecule has 2 aromatic carbocycles. The largest absolute Gasteiger partial charge is 0.392 e. The van der Waals surface area contributed by atoms with Crippen LogP contribution in [0.5, 0.6) is 0 Å². The standard InChI is InChI=1S/C19H22N2O/c20-16-9-17(22)12-21(11-16)10-13-5-6-19-15(7-13)8-14-3-1-2-4-18(14)19/h1-7,16-17,22H,8-12,20H2/t16-,17+/m0/s1. The van der Waals surface area contributed by atoms with E-state index in [1.54, 1.807) is 0 Å². The Balaban J connectivity index is 1.55. The molecule has 0 radical (unpaired) electrons. The number of hydrogen-bond donors (Lipinski definition) is 2. The van der Waals surface area contributed by atoms with Crippen LogP contribution in [0.2, 0.25) is 0 Å². The molecule has 1 aliphatic carbocycles. The lowest BCUT2D eigenvalue weighted by Gasteiger charge is -2.34. The number of piperidine rings is 1. The summed E-state index contributed by atoms with van der Waals surface area (Å²) in [6.45, 7) is 2.47. The first-order chi connectivity index (χ1) is 10.7. The molecule has 2 aliphatic rings. The molecule has 1 aliphatic heterocycles. The zero-order valence-electron chi connectivity index (χ0n) is 12.7. The Morgan fingerprint density at radius 1 is 1.05 bits per heavy atom. The van der Waals surface area contributed by atoms with E-state index in [9.17, 15) is 5.11 Å². The molecule has 1 saturated heterocycles. The van der Waals surface area contributed by atoms with Crippen LogP contribution in [-0.4, -0.2) is 35.2 Å². The predicted octanol–water partition coefficient (Wildman–Crippen LogP) is 2.15. The first-order valence-corrected chi connectivity index (χ1v) is 8.05. The Morgan fingerprint density at radius 2 is 1.86 bits per heavy atom. The van der Waals surface area contributed by atoms with Gasteiger partial charge in [-0.15, -0.1) is 0 Å². The molecule has 2 aromatic rings. The number of aliphatic hydroxyl groups excluding tert-OH is 1. The smallest absolute Gasteiger partial charge is 0.0682 e. The van der Waals surface area contributed by atoms with E-state index in [0.29, 0.717) is 0 Å². The van der Waals surface area contributed by atoms with Crippen LogP contribution in [-0.2, 0) is 13.0 Å². The highest BCUT2D eigenvalue weighted by Crippen LogP contribution is 2.36. The number of benzene rings is 2. The molecule has 0 amide bonds. The molecule has 1 fully saturated rings. The Hall–Kier alpha value is -1.68. The second-order valence-corrected chi connectivity index (χ2v) is 6.67. The van der Waals surface area contributed by atoms with Crippen molar-refractivity contribution in [1.29, 1.82) is 0 Å². The van der Waals surface area contributed by atoms with Gasteiger partial charge in [0.25, 0.3) is 0 Å². The quantitative estimate of drug-likeness (QED) is 0.761. The highest BCUT2D eigenvalue weighted by molar-refractivity contribution is 5.76. The van der Waals surface area contributed by atoms with Crippen LogP contribution in [0.1, 0.15) is 23.1 Å². The van der Waals surface area contributed by atoms with Crippen LogP contribution in [0.25, 0.3) is 11.1 Å². The minimum absolute atomic E-state index is 0.0856. The van der Waals surface area contributed by atoms with Crippen molar-refractivity contribution >= 4 is 0 Å². The minimum Gasteiger partial charge on any atom is -0.392 e. The Kier molecular flexibility index (Phi) is 3.49. The fourth-order valence-corrected chi connectivity index (χ4v) is 3.89. The van der Waals surface area contributed by atoms with Gasteiger partial charge < -0.3 is 10.8 Å². The number of aliphatic hydroxyl groups is 1. The third-order valence-corrected chi connectivity index (χ3v) is 4.80. The van der Waals surface area contributed by atoms with Crippen LogP contribution in [0.3, 0.4) is 0 Å². The molecule has 114 valence electrons. The summed E-state index contributed by atoms with van der Waals surface area (Å²) in [4.78, 5) is 2.27. The molecule has 0 spiro atoms. The third kappa shape index (κ3) is 2.56. The Labute approximate surface area is 131 Å². The number of nitrogens with two attached hydrogens (primary N) is 1. The van der Waals surface area contributed by atoms with Gasteiger partial charge in [-0.25, -0.2) is 0 Å².